The van der Waals surface area contributed by atoms with Gasteiger partial charge in [0, 0.05) is 29.5 Å². The van der Waals surface area contributed by atoms with Crippen molar-refractivity contribution in [3.63, 3.8) is 0 Å². The van der Waals surface area contributed by atoms with E-state index in [1.165, 1.54) is 0 Å². The number of rotatable bonds is 3. The molecule has 0 bridgehead atoms. The molecule has 2 atom stereocenters. The topological polar surface area (TPSA) is 67.6 Å². The van der Waals surface area contributed by atoms with Gasteiger partial charge in [0.05, 0.1) is 24.6 Å². The summed E-state index contributed by atoms with van der Waals surface area (Å²) in [6, 6.07) is 6.20. The molecule has 3 N–H and O–H groups in total. The summed E-state index contributed by atoms with van der Waals surface area (Å²) in [5.74, 6) is 0.114. The number of carbonyl (C=O) groups excluding carboxylic acids is 1. The smallest absolute Gasteiger partial charge is 0.227 e. The number of hydrogen-bond acceptors (Lipinski definition) is 4. The average molecular weight is 382 g/mol. The molecule has 1 aliphatic heterocycles. The van der Waals surface area contributed by atoms with E-state index in [0.29, 0.717) is 0 Å². The van der Waals surface area contributed by atoms with Gasteiger partial charge in [-0.2, -0.15) is 0 Å². The van der Waals surface area contributed by atoms with Gasteiger partial charge < -0.3 is 20.7 Å². The number of benzene rings is 1. The third kappa shape index (κ3) is 4.25. The molecule has 1 aliphatic carbocycles. The average Bonchev–Trinajstić information content (AvgIpc) is 2.56. The number of ether oxygens (including phenoxy) is 1. The molecule has 1 saturated heterocycles. The van der Waals surface area contributed by atoms with Crippen LogP contribution in [0, 0.1) is 5.92 Å². The zero-order valence-corrected chi connectivity index (χ0v) is 14.8. The van der Waals surface area contributed by atoms with Gasteiger partial charge >= 0.3 is 0 Å². The highest BCUT2D eigenvalue weighted by Crippen LogP contribution is 2.32. The van der Waals surface area contributed by atoms with Gasteiger partial charge in [-0.15, -0.1) is 0 Å². The third-order valence-corrected chi connectivity index (χ3v) is 5.15. The first-order valence-corrected chi connectivity index (χ1v) is 9.11. The Labute approximate surface area is 145 Å². The summed E-state index contributed by atoms with van der Waals surface area (Å²) in [6.07, 6.45) is 3.78. The number of carbonyl (C=O) groups is 1. The molecule has 2 fully saturated rings. The van der Waals surface area contributed by atoms with Gasteiger partial charge in [-0.05, 0) is 37.5 Å². The van der Waals surface area contributed by atoms with Gasteiger partial charge in [0.2, 0.25) is 5.91 Å². The lowest BCUT2D eigenvalue weighted by molar-refractivity contribution is -0.120. The molecule has 6 heteroatoms. The van der Waals surface area contributed by atoms with Crippen LogP contribution < -0.4 is 16.0 Å². The van der Waals surface area contributed by atoms with Crippen molar-refractivity contribution in [2.24, 2.45) is 11.7 Å². The van der Waals surface area contributed by atoms with E-state index in [1.54, 1.807) is 0 Å². The second kappa shape index (κ2) is 7.64. The van der Waals surface area contributed by atoms with Gasteiger partial charge in [-0.25, -0.2) is 0 Å². The Morgan fingerprint density at radius 1 is 1.30 bits per heavy atom. The second-order valence-corrected chi connectivity index (χ2v) is 7.29. The quantitative estimate of drug-likeness (QED) is 0.844. The lowest BCUT2D eigenvalue weighted by Gasteiger charge is -2.31. The largest absolute Gasteiger partial charge is 0.378 e. The van der Waals surface area contributed by atoms with Crippen molar-refractivity contribution in [3.05, 3.63) is 22.7 Å². The number of morpholine rings is 1. The number of nitrogens with one attached hydrogen (secondary N) is 1. The molecule has 2 unspecified atom stereocenters. The van der Waals surface area contributed by atoms with Crippen molar-refractivity contribution in [1.82, 2.24) is 0 Å². The van der Waals surface area contributed by atoms with Crippen molar-refractivity contribution in [2.45, 2.75) is 31.7 Å². The fraction of sp³-hybridized carbons (Fsp3) is 0.588. The van der Waals surface area contributed by atoms with E-state index in [0.717, 1.165) is 67.8 Å². The Morgan fingerprint density at radius 3 is 2.83 bits per heavy atom. The predicted octanol–water partition coefficient (Wildman–Crippen LogP) is 2.74. The van der Waals surface area contributed by atoms with Crippen LogP contribution in [0.2, 0.25) is 0 Å². The standard InChI is InChI=1S/C17H24BrN3O2/c18-13-4-5-16(21-6-8-23-9-7-21)15(11-13)20-17(22)12-2-1-3-14(19)10-12/h4-5,11-12,14H,1-3,6-10,19H2,(H,20,22). The highest BCUT2D eigenvalue weighted by Gasteiger charge is 2.26. The van der Waals surface area contributed by atoms with Crippen molar-refractivity contribution in [2.75, 3.05) is 36.5 Å². The highest BCUT2D eigenvalue weighted by molar-refractivity contribution is 9.10. The predicted molar refractivity (Wildman–Crippen MR) is 95.7 cm³/mol. The molecule has 23 heavy (non-hydrogen) atoms. The van der Waals surface area contributed by atoms with Crippen molar-refractivity contribution >= 4 is 33.2 Å². The Bertz CT molecular complexity index is 561. The van der Waals surface area contributed by atoms with Crippen LogP contribution in [0.5, 0.6) is 0 Å². The number of nitrogens with two attached hydrogens (primary N) is 1. The maximum Gasteiger partial charge on any atom is 0.227 e. The minimum Gasteiger partial charge on any atom is -0.378 e. The van der Waals surface area contributed by atoms with Crippen LogP contribution in [0.15, 0.2) is 22.7 Å². The zero-order chi connectivity index (χ0) is 16.2. The summed E-state index contributed by atoms with van der Waals surface area (Å²) in [7, 11) is 0. The molecule has 1 heterocycles. The van der Waals surface area contributed by atoms with Crippen molar-refractivity contribution in [1.29, 1.82) is 0 Å². The van der Waals surface area contributed by atoms with Crippen LogP contribution in [-0.4, -0.2) is 38.3 Å². The van der Waals surface area contributed by atoms with Crippen LogP contribution >= 0.6 is 15.9 Å². The Morgan fingerprint density at radius 2 is 2.09 bits per heavy atom. The molecular formula is C17H24BrN3O2. The third-order valence-electron chi connectivity index (χ3n) is 4.65. The van der Waals surface area contributed by atoms with E-state index in [2.05, 4.69) is 32.2 Å². The maximum atomic E-state index is 12.6. The minimum absolute atomic E-state index is 0.0234. The van der Waals surface area contributed by atoms with Gasteiger partial charge in [0.25, 0.3) is 0 Å². The molecule has 3 rings (SSSR count). The summed E-state index contributed by atoms with van der Waals surface area (Å²) in [6.45, 7) is 3.14. The monoisotopic (exact) mass is 381 g/mol. The van der Waals surface area contributed by atoms with E-state index in [4.69, 9.17) is 10.5 Å². The van der Waals surface area contributed by atoms with Gasteiger partial charge in [0.15, 0.2) is 0 Å². The number of anilines is 2. The maximum absolute atomic E-state index is 12.6. The lowest BCUT2D eigenvalue weighted by atomic mass is 9.85. The molecule has 126 valence electrons. The van der Waals surface area contributed by atoms with E-state index in [9.17, 15) is 4.79 Å². The molecule has 0 spiro atoms. The summed E-state index contributed by atoms with van der Waals surface area (Å²) in [4.78, 5) is 14.9. The molecule has 1 saturated carbocycles. The van der Waals surface area contributed by atoms with Crippen LogP contribution in [0.1, 0.15) is 25.7 Å². The Kier molecular flexibility index (Phi) is 5.56. The minimum atomic E-state index is 0.0234. The molecule has 2 aliphatic rings. The number of halogens is 1. The second-order valence-electron chi connectivity index (χ2n) is 6.37. The molecule has 0 aromatic heterocycles. The first-order chi connectivity index (χ1) is 11.1. The van der Waals surface area contributed by atoms with Crippen LogP contribution in [0.4, 0.5) is 11.4 Å². The van der Waals surface area contributed by atoms with Crippen molar-refractivity contribution < 1.29 is 9.53 Å². The summed E-state index contributed by atoms with van der Waals surface area (Å²) >= 11 is 3.50. The first kappa shape index (κ1) is 16.7. The lowest BCUT2D eigenvalue weighted by Crippen LogP contribution is -2.37. The fourth-order valence-corrected chi connectivity index (χ4v) is 3.75. The summed E-state index contributed by atoms with van der Waals surface area (Å²) in [5, 5.41) is 3.13. The molecule has 0 radical (unpaired) electrons. The van der Waals surface area contributed by atoms with Gasteiger partial charge in [-0.3, -0.25) is 4.79 Å². The van der Waals surface area contributed by atoms with Gasteiger partial charge in [-0.1, -0.05) is 22.4 Å². The van der Waals surface area contributed by atoms with Crippen LogP contribution in [0.3, 0.4) is 0 Å². The number of amides is 1. The SMILES string of the molecule is NC1CCCC(C(=O)Nc2cc(Br)ccc2N2CCOCC2)C1. The fourth-order valence-electron chi connectivity index (χ4n) is 3.39. The summed E-state index contributed by atoms with van der Waals surface area (Å²) in [5.41, 5.74) is 7.94. The Hall–Kier alpha value is -1.11. The van der Waals surface area contributed by atoms with E-state index in [1.807, 2.05) is 12.1 Å². The molecule has 5 nitrogen and oxygen atoms in total. The van der Waals surface area contributed by atoms with E-state index in [-0.39, 0.29) is 17.9 Å². The van der Waals surface area contributed by atoms with E-state index >= 15 is 0 Å². The molecule has 1 amide bonds. The highest BCUT2D eigenvalue weighted by atomic mass is 79.9. The molecular weight excluding hydrogens is 358 g/mol. The van der Waals surface area contributed by atoms with E-state index < -0.39 is 0 Å². The number of hydrogen-bond donors (Lipinski definition) is 2. The van der Waals surface area contributed by atoms with Crippen molar-refractivity contribution in [3.8, 4) is 0 Å². The molecule has 1 aromatic rings. The molecule has 1 aromatic carbocycles. The zero-order valence-electron chi connectivity index (χ0n) is 13.3. The Balaban J connectivity index is 1.75. The number of nitrogens with zero attached hydrogens (tertiary/aromatic N) is 1. The van der Waals surface area contributed by atoms with Crippen LogP contribution in [-0.2, 0) is 9.53 Å². The van der Waals surface area contributed by atoms with Crippen LogP contribution in [0.25, 0.3) is 0 Å². The summed E-state index contributed by atoms with van der Waals surface area (Å²) < 4.78 is 6.38. The normalized spacial score (nSPS) is 25.2. The first-order valence-electron chi connectivity index (χ1n) is 8.32. The van der Waals surface area contributed by atoms with Gasteiger partial charge in [0.1, 0.15) is 0 Å².